The molecule has 1 heterocycles. The molecular weight excluding hydrogens is 341 g/mol. The van der Waals surface area contributed by atoms with E-state index in [4.69, 9.17) is 4.74 Å². The predicted octanol–water partition coefficient (Wildman–Crippen LogP) is 3.19. The molecule has 0 radical (unpaired) electrons. The van der Waals surface area contributed by atoms with Gasteiger partial charge in [-0.15, -0.1) is 5.10 Å². The van der Waals surface area contributed by atoms with Crippen LogP contribution in [0.4, 0.5) is 4.39 Å². The number of aromatic nitrogens is 3. The molecule has 0 aliphatic rings. The number of carbonyl (C=O) groups excluding carboxylic acids is 1. The molecule has 1 aromatic carbocycles. The second-order valence-corrected chi connectivity index (χ2v) is 6.22. The van der Waals surface area contributed by atoms with E-state index in [9.17, 15) is 9.18 Å². The van der Waals surface area contributed by atoms with Crippen molar-refractivity contribution in [1.82, 2.24) is 15.0 Å². The SMILES string of the molecule is CC(C)(C)OC(=O)Cn1nc(Br)c(-c2cccc(F)c2)n1. The zero-order valence-corrected chi connectivity index (χ0v) is 13.5. The molecule has 0 spiro atoms. The van der Waals surface area contributed by atoms with Crippen molar-refractivity contribution in [2.24, 2.45) is 0 Å². The first kappa shape index (κ1) is 15.6. The first-order chi connectivity index (χ1) is 9.74. The van der Waals surface area contributed by atoms with Crippen LogP contribution >= 0.6 is 15.9 Å². The van der Waals surface area contributed by atoms with Gasteiger partial charge in [0.1, 0.15) is 17.1 Å². The molecule has 0 saturated carbocycles. The molecule has 0 amide bonds. The molecule has 0 aliphatic carbocycles. The Hall–Kier alpha value is -1.76. The third kappa shape index (κ3) is 4.35. The zero-order chi connectivity index (χ0) is 15.6. The molecule has 112 valence electrons. The second-order valence-electron chi connectivity index (χ2n) is 5.47. The van der Waals surface area contributed by atoms with Gasteiger partial charge < -0.3 is 4.74 Å². The van der Waals surface area contributed by atoms with Crippen LogP contribution in [0.1, 0.15) is 20.8 Å². The topological polar surface area (TPSA) is 57.0 Å². The standard InChI is InChI=1S/C14H15BrFN3O2/c1-14(2,3)21-11(20)8-19-17-12(13(15)18-19)9-5-4-6-10(16)7-9/h4-7H,8H2,1-3H3. The lowest BCUT2D eigenvalue weighted by Crippen LogP contribution is -2.27. The maximum absolute atomic E-state index is 13.2. The first-order valence-electron chi connectivity index (χ1n) is 6.33. The van der Waals surface area contributed by atoms with E-state index < -0.39 is 11.6 Å². The summed E-state index contributed by atoms with van der Waals surface area (Å²) in [7, 11) is 0. The molecule has 5 nitrogen and oxygen atoms in total. The summed E-state index contributed by atoms with van der Waals surface area (Å²) in [6, 6.07) is 6.01. The van der Waals surface area contributed by atoms with Gasteiger partial charge in [-0.25, -0.2) is 9.18 Å². The summed E-state index contributed by atoms with van der Waals surface area (Å²) < 4.78 is 18.9. The van der Waals surface area contributed by atoms with E-state index in [1.54, 1.807) is 32.9 Å². The van der Waals surface area contributed by atoms with Crippen molar-refractivity contribution >= 4 is 21.9 Å². The molecule has 0 atom stereocenters. The Balaban J connectivity index is 2.18. The highest BCUT2D eigenvalue weighted by Crippen LogP contribution is 2.24. The number of esters is 1. The van der Waals surface area contributed by atoms with E-state index in [1.807, 2.05) is 0 Å². The fourth-order valence-corrected chi connectivity index (χ4v) is 2.19. The average molecular weight is 356 g/mol. The van der Waals surface area contributed by atoms with Crippen LogP contribution < -0.4 is 0 Å². The van der Waals surface area contributed by atoms with Crippen LogP contribution in [0.25, 0.3) is 11.3 Å². The number of rotatable bonds is 3. The van der Waals surface area contributed by atoms with Crippen LogP contribution in [0.2, 0.25) is 0 Å². The lowest BCUT2D eigenvalue weighted by atomic mass is 10.2. The van der Waals surface area contributed by atoms with Crippen LogP contribution in [0.15, 0.2) is 28.9 Å². The lowest BCUT2D eigenvalue weighted by Gasteiger charge is -2.18. The Labute approximate surface area is 130 Å². The summed E-state index contributed by atoms with van der Waals surface area (Å²) in [5, 5.41) is 8.27. The fraction of sp³-hybridized carbons (Fsp3) is 0.357. The van der Waals surface area contributed by atoms with Gasteiger partial charge >= 0.3 is 5.97 Å². The summed E-state index contributed by atoms with van der Waals surface area (Å²) in [5.74, 6) is -0.795. The molecule has 0 N–H and O–H groups in total. The smallest absolute Gasteiger partial charge is 0.330 e. The highest BCUT2D eigenvalue weighted by atomic mass is 79.9. The largest absolute Gasteiger partial charge is 0.459 e. The maximum Gasteiger partial charge on any atom is 0.330 e. The molecular formula is C14H15BrFN3O2. The fourth-order valence-electron chi connectivity index (χ4n) is 1.70. The van der Waals surface area contributed by atoms with E-state index in [-0.39, 0.29) is 12.4 Å². The molecule has 0 aliphatic heterocycles. The number of nitrogens with zero attached hydrogens (tertiary/aromatic N) is 3. The summed E-state index contributed by atoms with van der Waals surface area (Å²) in [6.07, 6.45) is 0. The van der Waals surface area contributed by atoms with Gasteiger partial charge in [0.2, 0.25) is 0 Å². The van der Waals surface area contributed by atoms with Gasteiger partial charge in [-0.05, 0) is 48.8 Å². The Kier molecular flexibility index (Phi) is 4.41. The molecule has 1 aromatic heterocycles. The van der Waals surface area contributed by atoms with E-state index in [2.05, 4.69) is 26.1 Å². The van der Waals surface area contributed by atoms with Gasteiger partial charge in [-0.1, -0.05) is 12.1 Å². The van der Waals surface area contributed by atoms with Crippen LogP contribution in [0.3, 0.4) is 0 Å². The summed E-state index contributed by atoms with van der Waals surface area (Å²) in [6.45, 7) is 5.26. The predicted molar refractivity (Wildman–Crippen MR) is 79.0 cm³/mol. The van der Waals surface area contributed by atoms with Gasteiger partial charge in [0.05, 0.1) is 0 Å². The van der Waals surface area contributed by atoms with Crippen LogP contribution in [-0.4, -0.2) is 26.6 Å². The number of ether oxygens (including phenoxy) is 1. The molecule has 0 unspecified atom stereocenters. The first-order valence-corrected chi connectivity index (χ1v) is 7.12. The van der Waals surface area contributed by atoms with Gasteiger partial charge in [0, 0.05) is 5.56 Å². The third-order valence-corrected chi connectivity index (χ3v) is 2.94. The Morgan fingerprint density at radius 1 is 1.38 bits per heavy atom. The molecule has 2 rings (SSSR count). The van der Waals surface area contributed by atoms with Crippen molar-refractivity contribution in [2.45, 2.75) is 32.9 Å². The van der Waals surface area contributed by atoms with Crippen LogP contribution in [-0.2, 0) is 16.1 Å². The number of carbonyl (C=O) groups is 1. The van der Waals surface area contributed by atoms with Gasteiger partial charge in [0.15, 0.2) is 11.1 Å². The average Bonchev–Trinajstić information content (AvgIpc) is 2.67. The zero-order valence-electron chi connectivity index (χ0n) is 11.9. The third-order valence-electron chi connectivity index (χ3n) is 2.40. The number of hydrogen-bond donors (Lipinski definition) is 0. The van der Waals surface area contributed by atoms with Crippen molar-refractivity contribution < 1.29 is 13.9 Å². The van der Waals surface area contributed by atoms with Crippen molar-refractivity contribution in [3.05, 3.63) is 34.7 Å². The minimum absolute atomic E-state index is 0.106. The Bertz CT molecular complexity index is 664. The molecule has 2 aromatic rings. The van der Waals surface area contributed by atoms with E-state index in [0.717, 1.165) is 0 Å². The maximum atomic E-state index is 13.2. The minimum atomic E-state index is -0.563. The van der Waals surface area contributed by atoms with Crippen molar-refractivity contribution in [1.29, 1.82) is 0 Å². The summed E-state index contributed by atoms with van der Waals surface area (Å²) in [4.78, 5) is 13.0. The van der Waals surface area contributed by atoms with E-state index in [1.165, 1.54) is 16.9 Å². The van der Waals surface area contributed by atoms with Gasteiger partial charge in [-0.2, -0.15) is 9.90 Å². The quantitative estimate of drug-likeness (QED) is 0.793. The van der Waals surface area contributed by atoms with Crippen molar-refractivity contribution in [3.8, 4) is 11.3 Å². The highest BCUT2D eigenvalue weighted by Gasteiger charge is 2.19. The van der Waals surface area contributed by atoms with Crippen molar-refractivity contribution in [2.75, 3.05) is 0 Å². The molecule has 7 heteroatoms. The number of hydrogen-bond acceptors (Lipinski definition) is 4. The molecule has 0 saturated heterocycles. The number of benzene rings is 1. The Morgan fingerprint density at radius 3 is 2.71 bits per heavy atom. The van der Waals surface area contributed by atoms with Crippen molar-refractivity contribution in [3.63, 3.8) is 0 Å². The summed E-state index contributed by atoms with van der Waals surface area (Å²) >= 11 is 3.26. The lowest BCUT2D eigenvalue weighted by molar-refractivity contribution is -0.156. The normalized spacial score (nSPS) is 11.5. The second kappa shape index (κ2) is 5.93. The van der Waals surface area contributed by atoms with Crippen LogP contribution in [0.5, 0.6) is 0 Å². The van der Waals surface area contributed by atoms with E-state index >= 15 is 0 Å². The van der Waals surface area contributed by atoms with Gasteiger partial charge in [0.25, 0.3) is 0 Å². The van der Waals surface area contributed by atoms with Gasteiger partial charge in [-0.3, -0.25) is 0 Å². The van der Waals surface area contributed by atoms with Crippen LogP contribution in [0, 0.1) is 5.82 Å². The Morgan fingerprint density at radius 2 is 2.10 bits per heavy atom. The number of halogens is 2. The van der Waals surface area contributed by atoms with E-state index in [0.29, 0.717) is 15.9 Å². The molecule has 21 heavy (non-hydrogen) atoms. The summed E-state index contributed by atoms with van der Waals surface area (Å²) in [5.41, 5.74) is 0.489. The minimum Gasteiger partial charge on any atom is -0.459 e. The monoisotopic (exact) mass is 355 g/mol. The molecule has 0 bridgehead atoms. The molecule has 0 fully saturated rings. The highest BCUT2D eigenvalue weighted by molar-refractivity contribution is 9.10.